The maximum Gasteiger partial charge on any atom is 0.573 e. The first-order valence-electron chi connectivity index (χ1n) is 6.66. The summed E-state index contributed by atoms with van der Waals surface area (Å²) in [7, 11) is -1.67. The van der Waals surface area contributed by atoms with Gasteiger partial charge in [0.1, 0.15) is 16.7 Å². The Balaban J connectivity index is 2.37. The molecule has 118 valence electrons. The van der Waals surface area contributed by atoms with E-state index in [4.69, 9.17) is 0 Å². The number of nitrogens with zero attached hydrogens (tertiary/aromatic N) is 1. The van der Waals surface area contributed by atoms with Crippen molar-refractivity contribution in [3.8, 4) is 5.75 Å². The third-order valence-corrected chi connectivity index (χ3v) is 5.33. The van der Waals surface area contributed by atoms with Crippen molar-refractivity contribution < 1.29 is 22.1 Å². The van der Waals surface area contributed by atoms with Crippen LogP contribution in [0.15, 0.2) is 23.1 Å². The smallest absolute Gasteiger partial charge is 0.404 e. The minimum absolute atomic E-state index is 0.0629. The van der Waals surface area contributed by atoms with E-state index in [9.17, 15) is 17.4 Å². The van der Waals surface area contributed by atoms with Gasteiger partial charge >= 0.3 is 6.36 Å². The van der Waals surface area contributed by atoms with Gasteiger partial charge in [-0.2, -0.15) is 0 Å². The molecule has 0 spiro atoms. The maximum absolute atomic E-state index is 12.7. The van der Waals surface area contributed by atoms with Crippen molar-refractivity contribution in [1.29, 1.82) is 0 Å². The van der Waals surface area contributed by atoms with E-state index < -0.39 is 17.3 Å². The molecule has 1 fully saturated rings. The number of ether oxygens (including phenoxy) is 1. The average molecular weight is 321 g/mol. The summed E-state index contributed by atoms with van der Waals surface area (Å²) < 4.78 is 56.0. The summed E-state index contributed by atoms with van der Waals surface area (Å²) in [6.45, 7) is 6.14. The van der Waals surface area contributed by atoms with Gasteiger partial charge in [0.15, 0.2) is 0 Å². The van der Waals surface area contributed by atoms with Crippen molar-refractivity contribution in [2.45, 2.75) is 50.4 Å². The lowest BCUT2D eigenvalue weighted by Crippen LogP contribution is -2.39. The summed E-state index contributed by atoms with van der Waals surface area (Å²) in [5, 5.41) is 0. The molecule has 1 aliphatic rings. The van der Waals surface area contributed by atoms with E-state index in [2.05, 4.69) is 4.74 Å². The number of hydrogen-bond acceptors (Lipinski definition) is 2. The van der Waals surface area contributed by atoms with Gasteiger partial charge in [-0.05, 0) is 51.3 Å². The largest absolute Gasteiger partial charge is 0.573 e. The molecule has 1 unspecified atom stereocenters. The zero-order chi connectivity index (χ0) is 15.8. The average Bonchev–Trinajstić information content (AvgIpc) is 2.66. The predicted octanol–water partition coefficient (Wildman–Crippen LogP) is 3.79. The Morgan fingerprint density at radius 3 is 2.52 bits per heavy atom. The van der Waals surface area contributed by atoms with Crippen molar-refractivity contribution in [2.75, 3.05) is 6.54 Å². The minimum atomic E-state index is -4.80. The van der Waals surface area contributed by atoms with E-state index in [1.54, 1.807) is 17.3 Å². The normalized spacial score (nSPS) is 20.5. The number of halogens is 3. The van der Waals surface area contributed by atoms with Gasteiger partial charge in [-0.1, -0.05) is 6.07 Å². The standard InChI is InChI=1S/C14H18F3NO2S/c1-10-5-6-12(11(9-10)20-14(15,16)17)21(19)18-8-4-7-13(18,2)3/h5-6,9H,4,7-8H2,1-3H3. The maximum atomic E-state index is 12.7. The highest BCUT2D eigenvalue weighted by atomic mass is 32.2. The number of hydrogen-bond donors (Lipinski definition) is 0. The molecule has 1 heterocycles. The zero-order valence-electron chi connectivity index (χ0n) is 12.2. The molecule has 1 aromatic carbocycles. The molecule has 0 saturated carbocycles. The molecule has 7 heteroatoms. The summed E-state index contributed by atoms with van der Waals surface area (Å²) >= 11 is 0. The van der Waals surface area contributed by atoms with Crippen LogP contribution in [0.3, 0.4) is 0 Å². The van der Waals surface area contributed by atoms with Gasteiger partial charge in [0.05, 0.1) is 4.90 Å². The minimum Gasteiger partial charge on any atom is -0.404 e. The van der Waals surface area contributed by atoms with Crippen LogP contribution in [0, 0.1) is 6.92 Å². The molecule has 2 rings (SSSR count). The van der Waals surface area contributed by atoms with E-state index >= 15 is 0 Å². The molecule has 3 nitrogen and oxygen atoms in total. The number of rotatable bonds is 3. The molecule has 0 aromatic heterocycles. The monoisotopic (exact) mass is 321 g/mol. The quantitative estimate of drug-likeness (QED) is 0.848. The second kappa shape index (κ2) is 5.61. The van der Waals surface area contributed by atoms with Gasteiger partial charge < -0.3 is 4.74 Å². The molecule has 0 bridgehead atoms. The molecule has 1 aromatic rings. The summed E-state index contributed by atoms with van der Waals surface area (Å²) in [6, 6.07) is 4.35. The first-order valence-corrected chi connectivity index (χ1v) is 7.77. The van der Waals surface area contributed by atoms with Gasteiger partial charge in [-0.3, -0.25) is 0 Å². The molecule has 0 N–H and O–H groups in total. The molecule has 0 amide bonds. The Morgan fingerprint density at radius 2 is 2.00 bits per heavy atom. The molecule has 21 heavy (non-hydrogen) atoms. The summed E-state index contributed by atoms with van der Waals surface area (Å²) in [4.78, 5) is 0.0629. The fourth-order valence-electron chi connectivity index (χ4n) is 2.47. The Bertz CT molecular complexity index is 558. The predicted molar refractivity (Wildman–Crippen MR) is 74.3 cm³/mol. The van der Waals surface area contributed by atoms with E-state index in [1.165, 1.54) is 12.1 Å². The van der Waals surface area contributed by atoms with Gasteiger partial charge in [0, 0.05) is 12.1 Å². The van der Waals surface area contributed by atoms with Crippen molar-refractivity contribution in [3.63, 3.8) is 0 Å². The van der Waals surface area contributed by atoms with E-state index in [1.807, 2.05) is 13.8 Å². The van der Waals surface area contributed by atoms with Crippen molar-refractivity contribution in [3.05, 3.63) is 23.8 Å². The highest BCUT2D eigenvalue weighted by Gasteiger charge is 2.38. The Kier molecular flexibility index (Phi) is 4.35. The van der Waals surface area contributed by atoms with Crippen LogP contribution in [0.25, 0.3) is 0 Å². The van der Waals surface area contributed by atoms with E-state index in [0.717, 1.165) is 12.8 Å². The van der Waals surface area contributed by atoms with Crippen LogP contribution in [0.4, 0.5) is 13.2 Å². The molecule has 1 aliphatic heterocycles. The van der Waals surface area contributed by atoms with Gasteiger partial charge in [-0.25, -0.2) is 8.51 Å². The van der Waals surface area contributed by atoms with Crippen molar-refractivity contribution in [1.82, 2.24) is 4.31 Å². The fraction of sp³-hybridized carbons (Fsp3) is 0.571. The van der Waals surface area contributed by atoms with Gasteiger partial charge in [-0.15, -0.1) is 13.2 Å². The second-order valence-electron chi connectivity index (χ2n) is 5.77. The Morgan fingerprint density at radius 1 is 1.33 bits per heavy atom. The Hall–Kier alpha value is -1.08. The van der Waals surface area contributed by atoms with Crippen molar-refractivity contribution >= 4 is 11.0 Å². The molecular weight excluding hydrogens is 303 g/mol. The highest BCUT2D eigenvalue weighted by Crippen LogP contribution is 2.36. The summed E-state index contributed by atoms with van der Waals surface area (Å²) in [5.41, 5.74) is 0.321. The van der Waals surface area contributed by atoms with Gasteiger partial charge in [0.2, 0.25) is 0 Å². The SMILES string of the molecule is Cc1ccc(S(=O)N2CCCC2(C)C)c(OC(F)(F)F)c1. The molecule has 0 aliphatic carbocycles. The van der Waals surface area contributed by atoms with Crippen LogP contribution in [-0.2, 0) is 11.0 Å². The van der Waals surface area contributed by atoms with Crippen molar-refractivity contribution in [2.24, 2.45) is 0 Å². The molecular formula is C14H18F3NO2S. The highest BCUT2D eigenvalue weighted by molar-refractivity contribution is 7.82. The lowest BCUT2D eigenvalue weighted by molar-refractivity contribution is -0.275. The van der Waals surface area contributed by atoms with Crippen LogP contribution in [0.5, 0.6) is 5.75 Å². The van der Waals surface area contributed by atoms with Crippen LogP contribution in [-0.4, -0.2) is 27.0 Å². The Labute approximate surface area is 124 Å². The zero-order valence-corrected chi connectivity index (χ0v) is 13.0. The van der Waals surface area contributed by atoms with Crippen LogP contribution in [0.2, 0.25) is 0 Å². The first-order chi connectivity index (χ1) is 9.60. The molecule has 1 atom stereocenters. The van der Waals surface area contributed by atoms with Crippen LogP contribution in [0.1, 0.15) is 32.3 Å². The number of alkyl halides is 3. The third-order valence-electron chi connectivity index (χ3n) is 3.54. The lowest BCUT2D eigenvalue weighted by atomic mass is 10.0. The first kappa shape index (κ1) is 16.3. The topological polar surface area (TPSA) is 29.5 Å². The number of aryl methyl sites for hydroxylation is 1. The van der Waals surface area contributed by atoms with Gasteiger partial charge in [0.25, 0.3) is 0 Å². The number of benzene rings is 1. The lowest BCUT2D eigenvalue weighted by Gasteiger charge is -2.30. The summed E-state index contributed by atoms with van der Waals surface area (Å²) in [5.74, 6) is -0.386. The second-order valence-corrected chi connectivity index (χ2v) is 7.14. The van der Waals surface area contributed by atoms with Crippen LogP contribution >= 0.6 is 0 Å². The van der Waals surface area contributed by atoms with E-state index in [0.29, 0.717) is 12.1 Å². The summed E-state index contributed by atoms with van der Waals surface area (Å²) in [6.07, 6.45) is -3.06. The van der Waals surface area contributed by atoms with E-state index in [-0.39, 0.29) is 16.2 Å². The molecule has 1 saturated heterocycles. The molecule has 0 radical (unpaired) electrons. The van der Waals surface area contributed by atoms with Crippen LogP contribution < -0.4 is 4.74 Å². The third kappa shape index (κ3) is 3.77. The fourth-order valence-corrected chi connectivity index (χ4v) is 4.00.